The smallest absolute Gasteiger partial charge is 0.361 e. The van der Waals surface area contributed by atoms with Crippen LogP contribution in [0.25, 0.3) is 0 Å². The van der Waals surface area contributed by atoms with Crippen molar-refractivity contribution < 1.29 is 22.4 Å². The SMILES string of the molecule is CC(C)/C=C1\C(=O)N[C@@H](CC(C)C)CN1Cc1ccc(F)c(C(F)(F)F)c1. The molecule has 7 heteroatoms. The molecule has 1 aromatic carbocycles. The fourth-order valence-electron chi connectivity index (χ4n) is 3.27. The van der Waals surface area contributed by atoms with Crippen LogP contribution in [0, 0.1) is 17.7 Å². The van der Waals surface area contributed by atoms with E-state index in [1.807, 2.05) is 27.7 Å². The summed E-state index contributed by atoms with van der Waals surface area (Å²) in [5, 5.41) is 2.97. The maximum atomic E-state index is 13.6. The summed E-state index contributed by atoms with van der Waals surface area (Å²) in [5.74, 6) is -1.04. The molecule has 1 aliphatic rings. The summed E-state index contributed by atoms with van der Waals surface area (Å²) in [6.45, 7) is 8.57. The van der Waals surface area contributed by atoms with Gasteiger partial charge in [-0.1, -0.05) is 39.8 Å². The van der Waals surface area contributed by atoms with Gasteiger partial charge < -0.3 is 10.2 Å². The topological polar surface area (TPSA) is 32.3 Å². The van der Waals surface area contributed by atoms with E-state index in [2.05, 4.69) is 5.32 Å². The highest BCUT2D eigenvalue weighted by Gasteiger charge is 2.35. The molecule has 2 rings (SSSR count). The number of hydrogen-bond acceptors (Lipinski definition) is 2. The van der Waals surface area contributed by atoms with Gasteiger partial charge in [0, 0.05) is 19.1 Å². The number of piperazine rings is 1. The Morgan fingerprint density at radius 3 is 2.48 bits per heavy atom. The molecule has 1 aromatic rings. The van der Waals surface area contributed by atoms with E-state index in [9.17, 15) is 22.4 Å². The summed E-state index contributed by atoms with van der Waals surface area (Å²) in [6, 6.07) is 2.91. The van der Waals surface area contributed by atoms with Crippen molar-refractivity contribution >= 4 is 5.91 Å². The Hall–Kier alpha value is -2.05. The first-order valence-corrected chi connectivity index (χ1v) is 9.10. The maximum absolute atomic E-state index is 13.6. The fraction of sp³-hybridized carbons (Fsp3) is 0.550. The Morgan fingerprint density at radius 2 is 1.93 bits per heavy atom. The van der Waals surface area contributed by atoms with Gasteiger partial charge in [-0.15, -0.1) is 0 Å². The van der Waals surface area contributed by atoms with Crippen LogP contribution < -0.4 is 5.32 Å². The Morgan fingerprint density at radius 1 is 1.26 bits per heavy atom. The van der Waals surface area contributed by atoms with Crippen molar-refractivity contribution in [2.45, 2.75) is 52.9 Å². The van der Waals surface area contributed by atoms with Gasteiger partial charge in [0.25, 0.3) is 5.91 Å². The zero-order valence-electron chi connectivity index (χ0n) is 16.0. The first-order chi connectivity index (χ1) is 12.5. The van der Waals surface area contributed by atoms with Crippen LogP contribution in [0.5, 0.6) is 0 Å². The van der Waals surface area contributed by atoms with Gasteiger partial charge in [0.05, 0.1) is 11.3 Å². The number of carbonyl (C=O) groups excluding carboxylic acids is 1. The molecule has 0 unspecified atom stereocenters. The van der Waals surface area contributed by atoms with E-state index in [1.54, 1.807) is 11.0 Å². The van der Waals surface area contributed by atoms with Crippen LogP contribution >= 0.6 is 0 Å². The molecule has 3 nitrogen and oxygen atoms in total. The molecule has 0 aromatic heterocycles. The Kier molecular flexibility index (Phi) is 6.54. The second kappa shape index (κ2) is 8.31. The van der Waals surface area contributed by atoms with Crippen LogP contribution in [-0.2, 0) is 17.5 Å². The highest BCUT2D eigenvalue weighted by atomic mass is 19.4. The second-order valence-corrected chi connectivity index (χ2v) is 7.79. The molecular weight excluding hydrogens is 360 g/mol. The lowest BCUT2D eigenvalue weighted by Crippen LogP contribution is -2.52. The molecular formula is C20H26F4N2O. The third kappa shape index (κ3) is 5.71. The van der Waals surface area contributed by atoms with Crippen LogP contribution in [-0.4, -0.2) is 23.4 Å². The molecule has 1 amide bonds. The molecule has 0 bridgehead atoms. The van der Waals surface area contributed by atoms with Gasteiger partial charge in [-0.2, -0.15) is 13.2 Å². The average molecular weight is 386 g/mol. The van der Waals surface area contributed by atoms with E-state index in [4.69, 9.17) is 0 Å². The van der Waals surface area contributed by atoms with E-state index in [1.165, 1.54) is 6.07 Å². The third-order valence-corrected chi connectivity index (χ3v) is 4.31. The zero-order valence-corrected chi connectivity index (χ0v) is 16.0. The molecule has 1 N–H and O–H groups in total. The monoisotopic (exact) mass is 386 g/mol. The first-order valence-electron chi connectivity index (χ1n) is 9.10. The number of amides is 1. The molecule has 0 saturated carbocycles. The van der Waals surface area contributed by atoms with Gasteiger partial charge in [0.2, 0.25) is 0 Å². The minimum absolute atomic E-state index is 0.0793. The summed E-state index contributed by atoms with van der Waals surface area (Å²) < 4.78 is 52.5. The number of nitrogens with one attached hydrogen (secondary N) is 1. The van der Waals surface area contributed by atoms with E-state index in [-0.39, 0.29) is 24.4 Å². The highest BCUT2D eigenvalue weighted by molar-refractivity contribution is 5.93. The van der Waals surface area contributed by atoms with Gasteiger partial charge >= 0.3 is 6.18 Å². The van der Waals surface area contributed by atoms with Gasteiger partial charge in [-0.05, 0) is 36.0 Å². The van der Waals surface area contributed by atoms with E-state index < -0.39 is 17.6 Å². The van der Waals surface area contributed by atoms with E-state index in [0.29, 0.717) is 23.7 Å². The number of carbonyl (C=O) groups is 1. The lowest BCUT2D eigenvalue weighted by Gasteiger charge is -2.37. The summed E-state index contributed by atoms with van der Waals surface area (Å²) in [7, 11) is 0. The van der Waals surface area contributed by atoms with Crippen molar-refractivity contribution in [1.29, 1.82) is 0 Å². The lowest BCUT2D eigenvalue weighted by atomic mass is 9.99. The minimum atomic E-state index is -4.75. The third-order valence-electron chi connectivity index (χ3n) is 4.31. The molecule has 0 aliphatic carbocycles. The molecule has 0 radical (unpaired) electrons. The molecule has 1 aliphatic heterocycles. The van der Waals surface area contributed by atoms with Crippen LogP contribution in [0.2, 0.25) is 0 Å². The number of allylic oxidation sites excluding steroid dienone is 1. The van der Waals surface area contributed by atoms with Crippen LogP contribution in [0.3, 0.4) is 0 Å². The van der Waals surface area contributed by atoms with Crippen LogP contribution in [0.15, 0.2) is 30.0 Å². The zero-order chi connectivity index (χ0) is 20.4. The van der Waals surface area contributed by atoms with Crippen molar-refractivity contribution in [2.75, 3.05) is 6.54 Å². The highest BCUT2D eigenvalue weighted by Crippen LogP contribution is 2.32. The largest absolute Gasteiger partial charge is 0.419 e. The summed E-state index contributed by atoms with van der Waals surface area (Å²) in [6.07, 6.45) is -2.18. The molecule has 1 atom stereocenters. The summed E-state index contributed by atoms with van der Waals surface area (Å²) >= 11 is 0. The van der Waals surface area contributed by atoms with Gasteiger partial charge in [-0.3, -0.25) is 4.79 Å². The molecule has 1 fully saturated rings. The summed E-state index contributed by atoms with van der Waals surface area (Å²) in [5.41, 5.74) is -0.520. The van der Waals surface area contributed by atoms with Crippen LogP contribution in [0.4, 0.5) is 17.6 Å². The number of hydrogen-bond donors (Lipinski definition) is 1. The fourth-order valence-corrected chi connectivity index (χ4v) is 3.27. The van der Waals surface area contributed by atoms with Crippen molar-refractivity contribution in [3.8, 4) is 0 Å². The second-order valence-electron chi connectivity index (χ2n) is 7.79. The lowest BCUT2D eigenvalue weighted by molar-refractivity contribution is -0.140. The normalized spacial score (nSPS) is 19.9. The molecule has 1 heterocycles. The maximum Gasteiger partial charge on any atom is 0.419 e. The van der Waals surface area contributed by atoms with Crippen molar-refractivity contribution in [3.63, 3.8) is 0 Å². The first kappa shape index (κ1) is 21.3. The predicted molar refractivity (Wildman–Crippen MR) is 96.1 cm³/mol. The number of halogens is 4. The Labute approximate surface area is 157 Å². The van der Waals surface area contributed by atoms with Crippen molar-refractivity contribution in [1.82, 2.24) is 10.2 Å². The molecule has 27 heavy (non-hydrogen) atoms. The van der Waals surface area contributed by atoms with Crippen molar-refractivity contribution in [3.05, 3.63) is 46.9 Å². The number of alkyl halides is 3. The van der Waals surface area contributed by atoms with E-state index in [0.717, 1.165) is 18.6 Å². The molecule has 1 saturated heterocycles. The number of nitrogens with zero attached hydrogens (tertiary/aromatic N) is 1. The van der Waals surface area contributed by atoms with Crippen LogP contribution in [0.1, 0.15) is 45.2 Å². The molecule has 0 spiro atoms. The average Bonchev–Trinajstić information content (AvgIpc) is 2.50. The van der Waals surface area contributed by atoms with Gasteiger partial charge in [-0.25, -0.2) is 4.39 Å². The van der Waals surface area contributed by atoms with Crippen molar-refractivity contribution in [2.24, 2.45) is 11.8 Å². The number of benzene rings is 1. The summed E-state index contributed by atoms with van der Waals surface area (Å²) in [4.78, 5) is 14.3. The number of rotatable bonds is 5. The molecule has 150 valence electrons. The predicted octanol–water partition coefficient (Wildman–Crippen LogP) is 4.73. The quantitative estimate of drug-likeness (QED) is 0.586. The van der Waals surface area contributed by atoms with E-state index >= 15 is 0 Å². The van der Waals surface area contributed by atoms with Gasteiger partial charge in [0.1, 0.15) is 5.82 Å². The van der Waals surface area contributed by atoms with Gasteiger partial charge in [0.15, 0.2) is 0 Å². The minimum Gasteiger partial charge on any atom is -0.361 e. The Bertz CT molecular complexity index is 710. The Balaban J connectivity index is 2.32. The standard InChI is InChI=1S/C20H26F4N2O/c1-12(2)7-15-11-26(18(8-13(3)4)19(27)25-15)10-14-5-6-17(21)16(9-14)20(22,23)24/h5-6,8-9,12-13,15H,7,10-11H2,1-4H3,(H,25,27)/b18-8+/t15-/m0/s1.